The molecule has 1 amide bonds. The number of aryl methyl sites for hydroxylation is 1. The number of rotatable bonds is 7. The summed E-state index contributed by atoms with van der Waals surface area (Å²) in [5, 5.41) is 6.80. The normalized spacial score (nSPS) is 11.8. The number of alkyl halides is 3. The summed E-state index contributed by atoms with van der Waals surface area (Å²) in [4.78, 5) is 13.3. The van der Waals surface area contributed by atoms with Gasteiger partial charge in [-0.15, -0.1) is 0 Å². The highest BCUT2D eigenvalue weighted by Crippen LogP contribution is 2.19. The van der Waals surface area contributed by atoms with Gasteiger partial charge in [0.25, 0.3) is 0 Å². The summed E-state index contributed by atoms with van der Waals surface area (Å²) in [6.45, 7) is 2.08. The molecule has 0 bridgehead atoms. The summed E-state index contributed by atoms with van der Waals surface area (Å²) in [6.07, 6.45) is -3.88. The number of amides is 1. The minimum Gasteiger partial charge on any atom is -0.309 e. The van der Waals surface area contributed by atoms with Gasteiger partial charge in [0.05, 0.1) is 24.5 Å². The van der Waals surface area contributed by atoms with Crippen molar-refractivity contribution in [2.75, 3.05) is 25.0 Å². The van der Waals surface area contributed by atoms with Crippen molar-refractivity contribution < 1.29 is 22.4 Å². The second kappa shape index (κ2) is 8.31. The Morgan fingerprint density at radius 3 is 2.50 bits per heavy atom. The van der Waals surface area contributed by atoms with Gasteiger partial charge in [0.1, 0.15) is 11.6 Å². The Kier molecular flexibility index (Phi) is 6.36. The van der Waals surface area contributed by atoms with Gasteiger partial charge in [-0.2, -0.15) is 18.3 Å². The summed E-state index contributed by atoms with van der Waals surface area (Å²) in [6, 6.07) is 7.08. The van der Waals surface area contributed by atoms with Crippen LogP contribution in [0.4, 0.5) is 23.4 Å². The lowest BCUT2D eigenvalue weighted by atomic mass is 10.3. The molecular weight excluding hydrogens is 352 g/mol. The number of hydrogen-bond donors (Lipinski definition) is 1. The SMILES string of the molecule is CCCN(CC(=O)Nc1cc(C)nn1-c1ccc(F)cc1)CC(F)(F)F. The van der Waals surface area contributed by atoms with Gasteiger partial charge in [-0.05, 0) is 44.2 Å². The molecule has 0 spiro atoms. The third kappa shape index (κ3) is 5.83. The number of anilines is 1. The Balaban J connectivity index is 2.12. The first kappa shape index (κ1) is 19.9. The number of carbonyl (C=O) groups excluding carboxylic acids is 1. The second-order valence-electron chi connectivity index (χ2n) is 5.93. The molecule has 1 aromatic heterocycles. The lowest BCUT2D eigenvalue weighted by Crippen LogP contribution is -2.40. The summed E-state index contributed by atoms with van der Waals surface area (Å²) in [7, 11) is 0. The van der Waals surface area contributed by atoms with E-state index in [0.717, 1.165) is 4.90 Å². The molecule has 2 rings (SSSR count). The molecule has 0 aliphatic heterocycles. The van der Waals surface area contributed by atoms with E-state index in [2.05, 4.69) is 10.4 Å². The van der Waals surface area contributed by atoms with Crippen molar-refractivity contribution in [3.8, 4) is 5.69 Å². The molecule has 5 nitrogen and oxygen atoms in total. The van der Waals surface area contributed by atoms with Gasteiger partial charge in [0.15, 0.2) is 0 Å². The number of nitrogens with zero attached hydrogens (tertiary/aromatic N) is 3. The van der Waals surface area contributed by atoms with Gasteiger partial charge in [0.2, 0.25) is 5.91 Å². The van der Waals surface area contributed by atoms with Crippen molar-refractivity contribution in [2.45, 2.75) is 26.4 Å². The Morgan fingerprint density at radius 1 is 1.27 bits per heavy atom. The summed E-state index contributed by atoms with van der Waals surface area (Å²) in [5.74, 6) is -0.681. The van der Waals surface area contributed by atoms with Gasteiger partial charge in [-0.1, -0.05) is 6.92 Å². The molecule has 0 aliphatic carbocycles. The fourth-order valence-corrected chi connectivity index (χ4v) is 2.54. The summed E-state index contributed by atoms with van der Waals surface area (Å²) < 4.78 is 52.3. The molecule has 26 heavy (non-hydrogen) atoms. The van der Waals surface area contributed by atoms with Gasteiger partial charge < -0.3 is 5.32 Å². The van der Waals surface area contributed by atoms with Crippen molar-refractivity contribution in [3.05, 3.63) is 41.8 Å². The molecule has 0 atom stereocenters. The first-order valence-corrected chi connectivity index (χ1v) is 8.09. The standard InChI is InChI=1S/C17H20F4N4O/c1-3-8-24(11-17(19,20)21)10-16(26)22-15-9-12(2)23-25(15)14-6-4-13(18)5-7-14/h4-7,9H,3,8,10-11H2,1-2H3,(H,22,26). The first-order chi connectivity index (χ1) is 12.2. The van der Waals surface area contributed by atoms with Gasteiger partial charge in [-0.3, -0.25) is 9.69 Å². The van der Waals surface area contributed by atoms with E-state index < -0.39 is 24.4 Å². The van der Waals surface area contributed by atoms with Crippen LogP contribution in [0, 0.1) is 12.7 Å². The molecule has 2 aromatic rings. The maximum Gasteiger partial charge on any atom is 0.401 e. The van der Waals surface area contributed by atoms with E-state index in [0.29, 0.717) is 23.6 Å². The van der Waals surface area contributed by atoms with Crippen LogP contribution in [-0.4, -0.2) is 46.4 Å². The minimum absolute atomic E-state index is 0.156. The van der Waals surface area contributed by atoms with E-state index in [1.54, 1.807) is 19.9 Å². The predicted molar refractivity (Wildman–Crippen MR) is 89.7 cm³/mol. The first-order valence-electron chi connectivity index (χ1n) is 8.09. The fraction of sp³-hybridized carbons (Fsp3) is 0.412. The molecule has 0 saturated heterocycles. The van der Waals surface area contributed by atoms with Crippen LogP contribution < -0.4 is 5.32 Å². The Hall–Kier alpha value is -2.42. The molecule has 0 saturated carbocycles. The monoisotopic (exact) mass is 372 g/mol. The summed E-state index contributed by atoms with van der Waals surface area (Å²) >= 11 is 0. The lowest BCUT2D eigenvalue weighted by molar-refractivity contribution is -0.147. The van der Waals surface area contributed by atoms with E-state index >= 15 is 0 Å². The van der Waals surface area contributed by atoms with Crippen LogP contribution in [0.15, 0.2) is 30.3 Å². The molecule has 1 N–H and O–H groups in total. The molecule has 9 heteroatoms. The highest BCUT2D eigenvalue weighted by molar-refractivity contribution is 5.91. The van der Waals surface area contributed by atoms with Crippen molar-refractivity contribution in [2.24, 2.45) is 0 Å². The number of benzene rings is 1. The van der Waals surface area contributed by atoms with Crippen LogP contribution in [0.5, 0.6) is 0 Å². The third-order valence-corrected chi connectivity index (χ3v) is 3.48. The smallest absolute Gasteiger partial charge is 0.309 e. The molecule has 142 valence electrons. The molecule has 0 fully saturated rings. The number of nitrogens with one attached hydrogen (secondary N) is 1. The molecular formula is C17H20F4N4O. The molecule has 0 radical (unpaired) electrons. The van der Waals surface area contributed by atoms with Crippen molar-refractivity contribution in [1.82, 2.24) is 14.7 Å². The van der Waals surface area contributed by atoms with Gasteiger partial charge in [-0.25, -0.2) is 9.07 Å². The van der Waals surface area contributed by atoms with Gasteiger partial charge in [0, 0.05) is 6.07 Å². The molecule has 1 aromatic carbocycles. The Labute approximate surface area is 148 Å². The van der Waals surface area contributed by atoms with Gasteiger partial charge >= 0.3 is 6.18 Å². The van der Waals surface area contributed by atoms with E-state index in [-0.39, 0.29) is 13.1 Å². The quantitative estimate of drug-likeness (QED) is 0.757. The number of carbonyl (C=O) groups is 1. The van der Waals surface area contributed by atoms with Crippen molar-refractivity contribution in [1.29, 1.82) is 0 Å². The topological polar surface area (TPSA) is 50.2 Å². The molecule has 0 unspecified atom stereocenters. The zero-order chi connectivity index (χ0) is 19.3. The van der Waals surface area contributed by atoms with Crippen LogP contribution in [0.2, 0.25) is 0 Å². The fourth-order valence-electron chi connectivity index (χ4n) is 2.54. The maximum absolute atomic E-state index is 13.1. The Bertz CT molecular complexity index is 740. The highest BCUT2D eigenvalue weighted by Gasteiger charge is 2.31. The number of aromatic nitrogens is 2. The maximum atomic E-state index is 13.1. The Morgan fingerprint density at radius 2 is 1.92 bits per heavy atom. The summed E-state index contributed by atoms with van der Waals surface area (Å²) in [5.41, 5.74) is 1.13. The van der Waals surface area contributed by atoms with Crippen LogP contribution in [-0.2, 0) is 4.79 Å². The van der Waals surface area contributed by atoms with Crippen LogP contribution >= 0.6 is 0 Å². The van der Waals surface area contributed by atoms with E-state index in [9.17, 15) is 22.4 Å². The van der Waals surface area contributed by atoms with E-state index in [1.807, 2.05) is 0 Å². The van der Waals surface area contributed by atoms with E-state index in [4.69, 9.17) is 0 Å². The number of hydrogen-bond acceptors (Lipinski definition) is 3. The molecule has 1 heterocycles. The van der Waals surface area contributed by atoms with Crippen LogP contribution in [0.25, 0.3) is 5.69 Å². The van der Waals surface area contributed by atoms with Crippen molar-refractivity contribution >= 4 is 11.7 Å². The number of halogens is 4. The average Bonchev–Trinajstić information content (AvgIpc) is 2.87. The highest BCUT2D eigenvalue weighted by atomic mass is 19.4. The minimum atomic E-state index is -4.37. The largest absolute Gasteiger partial charge is 0.401 e. The average molecular weight is 372 g/mol. The molecule has 0 aliphatic rings. The predicted octanol–water partition coefficient (Wildman–Crippen LogP) is 3.53. The van der Waals surface area contributed by atoms with Crippen molar-refractivity contribution in [3.63, 3.8) is 0 Å². The third-order valence-electron chi connectivity index (χ3n) is 3.48. The van der Waals surface area contributed by atoms with E-state index in [1.165, 1.54) is 28.9 Å². The lowest BCUT2D eigenvalue weighted by Gasteiger charge is -2.22. The zero-order valence-corrected chi connectivity index (χ0v) is 14.5. The van der Waals surface area contributed by atoms with Crippen LogP contribution in [0.1, 0.15) is 19.0 Å². The second-order valence-corrected chi connectivity index (χ2v) is 5.93. The van der Waals surface area contributed by atoms with Crippen LogP contribution in [0.3, 0.4) is 0 Å². The zero-order valence-electron chi connectivity index (χ0n) is 14.5.